The summed E-state index contributed by atoms with van der Waals surface area (Å²) in [6.07, 6.45) is 0. The van der Waals surface area contributed by atoms with Crippen molar-refractivity contribution in [1.29, 1.82) is 0 Å². The van der Waals surface area contributed by atoms with Gasteiger partial charge in [0.25, 0.3) is 0 Å². The highest BCUT2D eigenvalue weighted by Gasteiger charge is 2.16. The van der Waals surface area contributed by atoms with Crippen molar-refractivity contribution in [3.8, 4) is 22.9 Å². The minimum Gasteiger partial charge on any atom is -0.504 e. The van der Waals surface area contributed by atoms with E-state index in [4.69, 9.17) is 4.74 Å². The fraction of sp³-hybridized carbons (Fsp3) is 0.0588. The van der Waals surface area contributed by atoms with Crippen molar-refractivity contribution in [3.05, 3.63) is 54.6 Å². The second-order valence-corrected chi connectivity index (χ2v) is 4.97. The molecule has 0 atom stereocenters. The molecule has 0 saturated heterocycles. The third kappa shape index (κ3) is 1.72. The first-order valence-corrected chi connectivity index (χ1v) is 6.89. The highest BCUT2D eigenvalue weighted by atomic mass is 16.5. The molecular formula is C17H13N3O2. The van der Waals surface area contributed by atoms with Gasteiger partial charge >= 0.3 is 0 Å². The molecule has 0 aliphatic rings. The number of ether oxygens (including phenoxy) is 1. The van der Waals surface area contributed by atoms with Crippen molar-refractivity contribution in [2.24, 2.45) is 0 Å². The molecule has 0 unspecified atom stereocenters. The van der Waals surface area contributed by atoms with Crippen molar-refractivity contribution < 1.29 is 9.84 Å². The van der Waals surface area contributed by atoms with Gasteiger partial charge in [-0.3, -0.25) is 4.40 Å². The fourth-order valence-electron chi connectivity index (χ4n) is 2.68. The fourth-order valence-corrected chi connectivity index (χ4v) is 2.68. The van der Waals surface area contributed by atoms with Gasteiger partial charge in [0, 0.05) is 0 Å². The number of hydrogen-bond donors (Lipinski definition) is 1. The Bertz CT molecular complexity index is 992. The molecule has 22 heavy (non-hydrogen) atoms. The third-order valence-electron chi connectivity index (χ3n) is 3.74. The van der Waals surface area contributed by atoms with Crippen LogP contribution in [0.15, 0.2) is 54.6 Å². The summed E-state index contributed by atoms with van der Waals surface area (Å²) in [6, 6.07) is 17.2. The van der Waals surface area contributed by atoms with Crippen LogP contribution in [0.2, 0.25) is 0 Å². The quantitative estimate of drug-likeness (QED) is 0.616. The molecule has 0 radical (unpaired) electrons. The molecule has 2 aromatic heterocycles. The lowest BCUT2D eigenvalue weighted by atomic mass is 10.1. The molecular weight excluding hydrogens is 278 g/mol. The molecule has 0 aliphatic carbocycles. The van der Waals surface area contributed by atoms with E-state index in [1.165, 1.54) is 7.11 Å². The topological polar surface area (TPSA) is 59.7 Å². The predicted molar refractivity (Wildman–Crippen MR) is 84.1 cm³/mol. The first-order valence-electron chi connectivity index (χ1n) is 6.89. The van der Waals surface area contributed by atoms with Crippen LogP contribution in [0.25, 0.3) is 27.9 Å². The van der Waals surface area contributed by atoms with Crippen LogP contribution in [0.4, 0.5) is 0 Å². The van der Waals surface area contributed by atoms with Crippen LogP contribution in [0.3, 0.4) is 0 Å². The largest absolute Gasteiger partial charge is 0.504 e. The average Bonchev–Trinajstić information content (AvgIpc) is 2.99. The van der Waals surface area contributed by atoms with Crippen LogP contribution in [-0.4, -0.2) is 26.8 Å². The van der Waals surface area contributed by atoms with E-state index in [-0.39, 0.29) is 5.75 Å². The van der Waals surface area contributed by atoms with E-state index in [2.05, 4.69) is 10.2 Å². The van der Waals surface area contributed by atoms with Crippen molar-refractivity contribution in [3.63, 3.8) is 0 Å². The second-order valence-electron chi connectivity index (χ2n) is 4.97. The number of para-hydroxylation sites is 2. The number of phenols is 1. The molecule has 0 fully saturated rings. The summed E-state index contributed by atoms with van der Waals surface area (Å²) < 4.78 is 7.11. The molecule has 0 saturated carbocycles. The van der Waals surface area contributed by atoms with Gasteiger partial charge in [-0.2, -0.15) is 0 Å². The number of pyridine rings is 1. The Kier molecular flexibility index (Phi) is 2.72. The van der Waals surface area contributed by atoms with Crippen LogP contribution in [0, 0.1) is 0 Å². The minimum absolute atomic E-state index is 0.0623. The van der Waals surface area contributed by atoms with Crippen molar-refractivity contribution in [1.82, 2.24) is 14.6 Å². The van der Waals surface area contributed by atoms with Gasteiger partial charge in [-0.15, -0.1) is 10.2 Å². The Labute approximate surface area is 126 Å². The standard InChI is InChI=1S/C17H13N3O2/c1-22-14-8-4-6-12(16(14)21)17-19-18-15-10-9-11-5-2-3-7-13(11)20(15)17/h2-10,21H,1H3. The first-order chi connectivity index (χ1) is 10.8. The van der Waals surface area contributed by atoms with E-state index < -0.39 is 0 Å². The zero-order valence-corrected chi connectivity index (χ0v) is 11.9. The van der Waals surface area contributed by atoms with Gasteiger partial charge in [-0.1, -0.05) is 24.3 Å². The molecule has 5 nitrogen and oxygen atoms in total. The Hall–Kier alpha value is -3.08. The van der Waals surface area contributed by atoms with Crippen molar-refractivity contribution in [2.75, 3.05) is 7.11 Å². The Morgan fingerprint density at radius 3 is 2.68 bits per heavy atom. The van der Waals surface area contributed by atoms with Crippen LogP contribution < -0.4 is 4.74 Å². The molecule has 0 amide bonds. The number of rotatable bonds is 2. The zero-order chi connectivity index (χ0) is 15.1. The molecule has 0 bridgehead atoms. The zero-order valence-electron chi connectivity index (χ0n) is 11.9. The van der Waals surface area contributed by atoms with E-state index in [9.17, 15) is 5.11 Å². The Balaban J connectivity index is 2.10. The number of aromatic hydroxyl groups is 1. The average molecular weight is 291 g/mol. The summed E-state index contributed by atoms with van der Waals surface area (Å²) in [5.41, 5.74) is 2.31. The molecule has 5 heteroatoms. The van der Waals surface area contributed by atoms with E-state index in [1.54, 1.807) is 12.1 Å². The predicted octanol–water partition coefficient (Wildman–Crippen LogP) is 3.26. The van der Waals surface area contributed by atoms with Crippen molar-refractivity contribution >= 4 is 16.6 Å². The number of phenolic OH excluding ortho intramolecular Hbond substituents is 1. The van der Waals surface area contributed by atoms with Gasteiger partial charge < -0.3 is 9.84 Å². The summed E-state index contributed by atoms with van der Waals surface area (Å²) in [6.45, 7) is 0. The van der Waals surface area contributed by atoms with Crippen molar-refractivity contribution in [2.45, 2.75) is 0 Å². The number of fused-ring (bicyclic) bond motifs is 3. The van der Waals surface area contributed by atoms with Crippen LogP contribution in [0.1, 0.15) is 0 Å². The maximum absolute atomic E-state index is 10.4. The summed E-state index contributed by atoms with van der Waals surface area (Å²) in [4.78, 5) is 0. The summed E-state index contributed by atoms with van der Waals surface area (Å²) in [5, 5.41) is 19.9. The van der Waals surface area contributed by atoms with Crippen LogP contribution >= 0.6 is 0 Å². The van der Waals surface area contributed by atoms with Gasteiger partial charge in [0.05, 0.1) is 18.2 Å². The summed E-state index contributed by atoms with van der Waals surface area (Å²) >= 11 is 0. The van der Waals surface area contributed by atoms with Gasteiger partial charge in [0.15, 0.2) is 23.0 Å². The van der Waals surface area contributed by atoms with Gasteiger partial charge in [0.1, 0.15) is 0 Å². The maximum Gasteiger partial charge on any atom is 0.172 e. The number of hydrogen-bond acceptors (Lipinski definition) is 4. The lowest BCUT2D eigenvalue weighted by Gasteiger charge is -2.09. The molecule has 0 aliphatic heterocycles. The third-order valence-corrected chi connectivity index (χ3v) is 3.74. The monoisotopic (exact) mass is 291 g/mol. The highest BCUT2D eigenvalue weighted by molar-refractivity contribution is 5.84. The molecule has 108 valence electrons. The van der Waals surface area contributed by atoms with Gasteiger partial charge in [-0.05, 0) is 35.7 Å². The molecule has 4 rings (SSSR count). The normalized spacial score (nSPS) is 11.1. The molecule has 2 heterocycles. The Morgan fingerprint density at radius 2 is 1.82 bits per heavy atom. The molecule has 1 N–H and O–H groups in total. The SMILES string of the molecule is COc1cccc(-c2nnc3ccc4ccccc4n23)c1O. The molecule has 2 aromatic carbocycles. The number of nitrogens with zero attached hydrogens (tertiary/aromatic N) is 3. The van der Waals surface area contributed by atoms with E-state index in [1.807, 2.05) is 46.9 Å². The highest BCUT2D eigenvalue weighted by Crippen LogP contribution is 2.36. The second kappa shape index (κ2) is 4.73. The minimum atomic E-state index is 0.0623. The summed E-state index contributed by atoms with van der Waals surface area (Å²) in [5.74, 6) is 1.06. The van der Waals surface area contributed by atoms with E-state index in [0.717, 1.165) is 16.6 Å². The maximum atomic E-state index is 10.4. The van der Waals surface area contributed by atoms with Gasteiger partial charge in [0.2, 0.25) is 0 Å². The number of methoxy groups -OCH3 is 1. The first kappa shape index (κ1) is 12.6. The Morgan fingerprint density at radius 1 is 0.955 bits per heavy atom. The lowest BCUT2D eigenvalue weighted by molar-refractivity contribution is 0.374. The van der Waals surface area contributed by atoms with Crippen LogP contribution in [0.5, 0.6) is 11.5 Å². The van der Waals surface area contributed by atoms with E-state index in [0.29, 0.717) is 17.1 Å². The van der Waals surface area contributed by atoms with E-state index >= 15 is 0 Å². The number of aromatic nitrogens is 3. The van der Waals surface area contributed by atoms with Gasteiger partial charge in [-0.25, -0.2) is 0 Å². The lowest BCUT2D eigenvalue weighted by Crippen LogP contribution is -1.93. The summed E-state index contributed by atoms with van der Waals surface area (Å²) in [7, 11) is 1.52. The molecule has 4 aromatic rings. The van der Waals surface area contributed by atoms with Crippen LogP contribution in [-0.2, 0) is 0 Å². The smallest absolute Gasteiger partial charge is 0.172 e. The molecule has 0 spiro atoms. The number of benzene rings is 2.